The van der Waals surface area contributed by atoms with Gasteiger partial charge < -0.3 is 25.4 Å². The van der Waals surface area contributed by atoms with Crippen LogP contribution in [0, 0.1) is 0 Å². The van der Waals surface area contributed by atoms with Gasteiger partial charge in [-0.1, -0.05) is 45.4 Å². The van der Waals surface area contributed by atoms with Gasteiger partial charge in [-0.2, -0.15) is 0 Å². The molecule has 1 aromatic rings. The van der Waals surface area contributed by atoms with Crippen LogP contribution in [0.25, 0.3) is 0 Å². The summed E-state index contributed by atoms with van der Waals surface area (Å²) < 4.78 is 10.3. The minimum atomic E-state index is -0.901. The van der Waals surface area contributed by atoms with Gasteiger partial charge in [0.15, 0.2) is 0 Å². The van der Waals surface area contributed by atoms with E-state index >= 15 is 0 Å². The van der Waals surface area contributed by atoms with E-state index in [2.05, 4.69) is 22.9 Å². The highest BCUT2D eigenvalue weighted by Crippen LogP contribution is 2.21. The summed E-state index contributed by atoms with van der Waals surface area (Å²) in [7, 11) is 0. The number of hydrogen-bond acceptors (Lipinski definition) is 6. The summed E-state index contributed by atoms with van der Waals surface area (Å²) in [6.07, 6.45) is 7.39. The number of amides is 3. The molecule has 0 aliphatic rings. The number of carbonyl (C=O) groups excluding carboxylic acids is 4. The Hall–Kier alpha value is -3.10. The van der Waals surface area contributed by atoms with E-state index in [9.17, 15) is 19.2 Å². The number of hydrogen-bond donors (Lipinski definition) is 3. The molecule has 0 fully saturated rings. The number of carbonyl (C=O) groups is 4. The number of nitrogens with one attached hydrogen (secondary N) is 3. The number of anilines is 2. The molecule has 1 atom stereocenters. The molecule has 1 rings (SSSR count). The van der Waals surface area contributed by atoms with Gasteiger partial charge >= 0.3 is 12.1 Å². The van der Waals surface area contributed by atoms with Gasteiger partial charge in [-0.25, -0.2) is 9.59 Å². The minimum absolute atomic E-state index is 0.165. The summed E-state index contributed by atoms with van der Waals surface area (Å²) in [5.74, 6) is -1.25. The zero-order chi connectivity index (χ0) is 27.1. The maximum atomic E-state index is 12.6. The smallest absolute Gasteiger partial charge is 0.408 e. The maximum Gasteiger partial charge on any atom is 0.408 e. The van der Waals surface area contributed by atoms with Crippen molar-refractivity contribution in [3.63, 3.8) is 0 Å². The van der Waals surface area contributed by atoms with Gasteiger partial charge in [-0.05, 0) is 59.2 Å². The molecule has 202 valence electrons. The topological polar surface area (TPSA) is 123 Å². The Labute approximate surface area is 215 Å². The van der Waals surface area contributed by atoms with Crippen LogP contribution in [0.15, 0.2) is 18.2 Å². The Morgan fingerprint density at radius 3 is 2.03 bits per heavy atom. The van der Waals surface area contributed by atoms with Gasteiger partial charge in [-0.3, -0.25) is 9.59 Å². The van der Waals surface area contributed by atoms with E-state index in [1.807, 2.05) is 0 Å². The number of ether oxygens (including phenoxy) is 2. The fourth-order valence-electron chi connectivity index (χ4n) is 3.37. The first-order valence-corrected chi connectivity index (χ1v) is 12.9. The lowest BCUT2D eigenvalue weighted by atomic mass is 10.1. The molecule has 0 heterocycles. The molecule has 9 nitrogen and oxygen atoms in total. The lowest BCUT2D eigenvalue weighted by Crippen LogP contribution is -2.44. The Morgan fingerprint density at radius 2 is 1.44 bits per heavy atom. The quantitative estimate of drug-likeness (QED) is 0.217. The van der Waals surface area contributed by atoms with Crippen molar-refractivity contribution in [2.45, 2.75) is 105 Å². The SMILES string of the molecule is CCCCCCCCCC(=O)Nc1cc(NC(=O)[C@H](C)NC(=O)OC(C)(C)C)cc(C(=O)OCC)c1. The molecule has 0 bridgehead atoms. The first kappa shape index (κ1) is 30.9. The monoisotopic (exact) mass is 505 g/mol. The largest absolute Gasteiger partial charge is 0.462 e. The molecule has 9 heteroatoms. The highest BCUT2D eigenvalue weighted by molar-refractivity contribution is 6.00. The number of esters is 1. The van der Waals surface area contributed by atoms with Crippen molar-refractivity contribution >= 4 is 35.3 Å². The zero-order valence-electron chi connectivity index (χ0n) is 22.6. The van der Waals surface area contributed by atoms with Crippen molar-refractivity contribution in [2.75, 3.05) is 17.2 Å². The average molecular weight is 506 g/mol. The van der Waals surface area contributed by atoms with E-state index in [0.717, 1.165) is 19.3 Å². The van der Waals surface area contributed by atoms with Gasteiger partial charge in [0.05, 0.1) is 12.2 Å². The van der Waals surface area contributed by atoms with Crippen LogP contribution in [0.3, 0.4) is 0 Å². The Kier molecular flexibility index (Phi) is 13.6. The molecule has 3 N–H and O–H groups in total. The second-order valence-corrected chi connectivity index (χ2v) is 9.80. The molecule has 0 radical (unpaired) electrons. The van der Waals surface area contributed by atoms with Crippen molar-refractivity contribution < 1.29 is 28.7 Å². The normalized spacial score (nSPS) is 11.8. The van der Waals surface area contributed by atoms with Crippen LogP contribution in [-0.2, 0) is 19.1 Å². The first-order valence-electron chi connectivity index (χ1n) is 12.9. The lowest BCUT2D eigenvalue weighted by Gasteiger charge is -2.21. The zero-order valence-corrected chi connectivity index (χ0v) is 22.6. The van der Waals surface area contributed by atoms with E-state index in [-0.39, 0.29) is 23.8 Å². The summed E-state index contributed by atoms with van der Waals surface area (Å²) in [5.41, 5.74) is 0.149. The molecule has 36 heavy (non-hydrogen) atoms. The Bertz CT molecular complexity index is 879. The molecule has 0 unspecified atom stereocenters. The molecule has 1 aromatic carbocycles. The van der Waals surface area contributed by atoms with Crippen molar-refractivity contribution in [3.05, 3.63) is 23.8 Å². The molecule has 0 saturated carbocycles. The minimum Gasteiger partial charge on any atom is -0.462 e. The van der Waals surface area contributed by atoms with Crippen LogP contribution in [0.5, 0.6) is 0 Å². The lowest BCUT2D eigenvalue weighted by molar-refractivity contribution is -0.118. The predicted molar refractivity (Wildman–Crippen MR) is 141 cm³/mol. The third kappa shape index (κ3) is 13.1. The average Bonchev–Trinajstić information content (AvgIpc) is 2.77. The van der Waals surface area contributed by atoms with Crippen molar-refractivity contribution in [1.82, 2.24) is 5.32 Å². The molecule has 0 saturated heterocycles. The van der Waals surface area contributed by atoms with E-state index in [4.69, 9.17) is 9.47 Å². The van der Waals surface area contributed by atoms with E-state index in [1.165, 1.54) is 44.7 Å². The summed E-state index contributed by atoms with van der Waals surface area (Å²) in [4.78, 5) is 49.4. The summed E-state index contributed by atoms with van der Waals surface area (Å²) in [6.45, 7) is 10.7. The van der Waals surface area contributed by atoms with E-state index in [1.54, 1.807) is 33.8 Å². The summed E-state index contributed by atoms with van der Waals surface area (Å²) >= 11 is 0. The highest BCUT2D eigenvalue weighted by Gasteiger charge is 2.22. The van der Waals surface area contributed by atoms with Crippen molar-refractivity contribution in [1.29, 1.82) is 0 Å². The van der Waals surface area contributed by atoms with Crippen molar-refractivity contribution in [3.8, 4) is 0 Å². The predicted octanol–water partition coefficient (Wildman–Crippen LogP) is 5.79. The summed E-state index contributed by atoms with van der Waals surface area (Å²) in [5, 5.41) is 7.94. The van der Waals surface area contributed by atoms with E-state index in [0.29, 0.717) is 12.1 Å². The van der Waals surface area contributed by atoms with Gasteiger partial charge in [0.25, 0.3) is 0 Å². The van der Waals surface area contributed by atoms with Crippen LogP contribution < -0.4 is 16.0 Å². The second-order valence-electron chi connectivity index (χ2n) is 9.80. The van der Waals surface area contributed by atoms with Gasteiger partial charge in [0.2, 0.25) is 11.8 Å². The molecule has 0 aliphatic carbocycles. The van der Waals surface area contributed by atoms with Crippen LogP contribution in [0.1, 0.15) is 103 Å². The van der Waals surface area contributed by atoms with Gasteiger partial charge in [0, 0.05) is 17.8 Å². The number of alkyl carbamates (subject to hydrolysis) is 1. The standard InChI is InChI=1S/C27H43N3O6/c1-7-9-10-11-12-13-14-15-23(31)29-21-16-20(25(33)35-8-2)17-22(18-21)30-24(32)19(3)28-26(34)36-27(4,5)6/h16-19H,7-15H2,1-6H3,(H,28,34)(H,29,31)(H,30,32)/t19-/m0/s1. The molecule has 0 spiro atoms. The molecule has 0 aromatic heterocycles. The van der Waals surface area contributed by atoms with Crippen LogP contribution in [-0.4, -0.2) is 42.1 Å². The number of rotatable bonds is 14. The second kappa shape index (κ2) is 15.8. The van der Waals surface area contributed by atoms with Crippen LogP contribution in [0.4, 0.5) is 16.2 Å². The highest BCUT2D eigenvalue weighted by atomic mass is 16.6. The van der Waals surface area contributed by atoms with Crippen LogP contribution >= 0.6 is 0 Å². The van der Waals surface area contributed by atoms with E-state index < -0.39 is 29.6 Å². The first-order chi connectivity index (χ1) is 16.9. The Balaban J connectivity index is 2.80. The van der Waals surface area contributed by atoms with Gasteiger partial charge in [0.1, 0.15) is 11.6 Å². The molecular formula is C27H43N3O6. The Morgan fingerprint density at radius 1 is 0.861 bits per heavy atom. The fourth-order valence-corrected chi connectivity index (χ4v) is 3.37. The molecule has 3 amide bonds. The third-order valence-electron chi connectivity index (χ3n) is 5.13. The third-order valence-corrected chi connectivity index (χ3v) is 5.13. The summed E-state index contributed by atoms with van der Waals surface area (Å²) in [6, 6.07) is 3.63. The van der Waals surface area contributed by atoms with Gasteiger partial charge in [-0.15, -0.1) is 0 Å². The molecule has 0 aliphatic heterocycles. The molecular weight excluding hydrogens is 462 g/mol. The number of unbranched alkanes of at least 4 members (excludes halogenated alkanes) is 6. The fraction of sp³-hybridized carbons (Fsp3) is 0.630. The number of benzene rings is 1. The maximum absolute atomic E-state index is 12.6. The van der Waals surface area contributed by atoms with Crippen LogP contribution in [0.2, 0.25) is 0 Å². The van der Waals surface area contributed by atoms with Crippen molar-refractivity contribution in [2.24, 2.45) is 0 Å².